The van der Waals surface area contributed by atoms with E-state index < -0.39 is 6.43 Å². The zero-order chi connectivity index (χ0) is 24.9. The molecule has 0 saturated heterocycles. The molecular weight excluding hydrogens is 450 g/mol. The van der Waals surface area contributed by atoms with Crippen LogP contribution in [0.25, 0.3) is 11.0 Å². The summed E-state index contributed by atoms with van der Waals surface area (Å²) < 4.78 is 30.9. The number of fused-ring (bicyclic) bond motifs is 1. The lowest BCUT2D eigenvalue weighted by Gasteiger charge is -2.10. The summed E-state index contributed by atoms with van der Waals surface area (Å²) in [5.74, 6) is -0.105. The molecule has 1 amide bonds. The summed E-state index contributed by atoms with van der Waals surface area (Å²) in [6.07, 6.45) is -0.743. The molecule has 0 aliphatic heterocycles. The van der Waals surface area contributed by atoms with Crippen LogP contribution in [0.1, 0.15) is 64.7 Å². The summed E-state index contributed by atoms with van der Waals surface area (Å²) in [4.78, 5) is 17.7. The van der Waals surface area contributed by atoms with E-state index in [9.17, 15) is 13.6 Å². The molecule has 3 aromatic heterocycles. The van der Waals surface area contributed by atoms with Gasteiger partial charge < -0.3 is 5.32 Å². The van der Waals surface area contributed by atoms with Gasteiger partial charge in [-0.3, -0.25) is 9.48 Å². The summed E-state index contributed by atoms with van der Waals surface area (Å²) in [5, 5.41) is 12.3. The van der Waals surface area contributed by atoms with Gasteiger partial charge in [0.05, 0.1) is 34.7 Å². The predicted molar refractivity (Wildman–Crippen MR) is 130 cm³/mol. The lowest BCUT2D eigenvalue weighted by atomic mass is 10.1. The molecule has 3 heterocycles. The molecule has 9 heteroatoms. The maximum absolute atomic E-state index is 13.8. The zero-order valence-corrected chi connectivity index (χ0v) is 20.3. The van der Waals surface area contributed by atoms with Gasteiger partial charge in [-0.05, 0) is 57.7 Å². The lowest BCUT2D eigenvalue weighted by molar-refractivity contribution is -0.116. The molecule has 0 atom stereocenters. The Balaban J connectivity index is 1.41. The molecule has 1 aliphatic rings. The van der Waals surface area contributed by atoms with Crippen molar-refractivity contribution in [3.05, 3.63) is 69.8 Å². The third-order valence-electron chi connectivity index (χ3n) is 6.68. The number of aryl methyl sites for hydroxylation is 3. The molecule has 0 unspecified atom stereocenters. The van der Waals surface area contributed by atoms with Crippen LogP contribution in [0.3, 0.4) is 0 Å². The Labute approximate surface area is 202 Å². The summed E-state index contributed by atoms with van der Waals surface area (Å²) in [7, 11) is 0. The number of hydrogen-bond donors (Lipinski definition) is 1. The van der Waals surface area contributed by atoms with Crippen molar-refractivity contribution in [2.24, 2.45) is 0 Å². The van der Waals surface area contributed by atoms with Crippen LogP contribution >= 0.6 is 0 Å². The van der Waals surface area contributed by atoms with Crippen molar-refractivity contribution in [1.29, 1.82) is 0 Å². The molecule has 35 heavy (non-hydrogen) atoms. The van der Waals surface area contributed by atoms with Gasteiger partial charge in [0.1, 0.15) is 6.54 Å². The highest BCUT2D eigenvalue weighted by atomic mass is 19.3. The van der Waals surface area contributed by atoms with Gasteiger partial charge >= 0.3 is 0 Å². The van der Waals surface area contributed by atoms with Crippen molar-refractivity contribution in [2.75, 3.05) is 5.32 Å². The van der Waals surface area contributed by atoms with E-state index in [1.54, 1.807) is 6.92 Å². The minimum atomic E-state index is -2.63. The van der Waals surface area contributed by atoms with Crippen molar-refractivity contribution in [1.82, 2.24) is 24.5 Å². The Kier molecular flexibility index (Phi) is 5.86. The molecule has 4 aromatic rings. The number of nitrogens with one attached hydrogen (secondary N) is 1. The number of hydrogen-bond acceptors (Lipinski definition) is 4. The standard InChI is InChI=1S/C26H28F2N6O/c1-14-7-5-6-8-19(14)12-33-17(4)24(16(3)32-33)30-22(35)13-34-26-23(15(2)31-34)20(25(27)28)11-21(29-26)18-9-10-18/h5-8,11,18,25H,9-10,12-13H2,1-4H3,(H,30,35). The van der Waals surface area contributed by atoms with Gasteiger partial charge in [-0.2, -0.15) is 10.2 Å². The van der Waals surface area contributed by atoms with Crippen molar-refractivity contribution in [2.45, 2.75) is 66.0 Å². The van der Waals surface area contributed by atoms with E-state index in [-0.39, 0.29) is 23.9 Å². The van der Waals surface area contributed by atoms with E-state index in [4.69, 9.17) is 0 Å². The normalized spacial score (nSPS) is 13.7. The van der Waals surface area contributed by atoms with Crippen molar-refractivity contribution in [3.63, 3.8) is 0 Å². The third kappa shape index (κ3) is 4.42. The quantitative estimate of drug-likeness (QED) is 0.388. The minimum absolute atomic E-state index is 0.0646. The number of amides is 1. The number of alkyl halides is 2. The number of rotatable bonds is 7. The van der Waals surface area contributed by atoms with Gasteiger partial charge in [-0.25, -0.2) is 18.4 Å². The van der Waals surface area contributed by atoms with E-state index in [2.05, 4.69) is 39.6 Å². The fourth-order valence-corrected chi connectivity index (χ4v) is 4.57. The summed E-state index contributed by atoms with van der Waals surface area (Å²) >= 11 is 0. The van der Waals surface area contributed by atoms with Gasteiger partial charge in [-0.1, -0.05) is 24.3 Å². The molecule has 7 nitrogen and oxygen atoms in total. The van der Waals surface area contributed by atoms with Crippen LogP contribution < -0.4 is 5.32 Å². The van der Waals surface area contributed by atoms with Crippen LogP contribution in [0.5, 0.6) is 0 Å². The second-order valence-corrected chi connectivity index (χ2v) is 9.33. The van der Waals surface area contributed by atoms with E-state index in [0.717, 1.165) is 24.1 Å². The first-order valence-corrected chi connectivity index (χ1v) is 11.8. The predicted octanol–water partition coefficient (Wildman–Crippen LogP) is 5.36. The maximum atomic E-state index is 13.8. The summed E-state index contributed by atoms with van der Waals surface area (Å²) in [6, 6.07) is 9.61. The Morgan fingerprint density at radius 2 is 1.80 bits per heavy atom. The molecular formula is C26H28F2N6O. The fourth-order valence-electron chi connectivity index (χ4n) is 4.57. The first-order valence-electron chi connectivity index (χ1n) is 11.8. The molecule has 1 saturated carbocycles. The van der Waals surface area contributed by atoms with Crippen molar-refractivity contribution < 1.29 is 13.6 Å². The van der Waals surface area contributed by atoms with Crippen LogP contribution in [0.15, 0.2) is 30.3 Å². The lowest BCUT2D eigenvalue weighted by Crippen LogP contribution is -2.20. The highest BCUT2D eigenvalue weighted by molar-refractivity contribution is 5.93. The van der Waals surface area contributed by atoms with Crippen molar-refractivity contribution in [3.8, 4) is 0 Å². The second-order valence-electron chi connectivity index (χ2n) is 9.33. The third-order valence-corrected chi connectivity index (χ3v) is 6.68. The molecule has 0 bridgehead atoms. The van der Waals surface area contributed by atoms with Gasteiger partial charge in [0, 0.05) is 17.2 Å². The topological polar surface area (TPSA) is 77.6 Å². The Morgan fingerprint density at radius 1 is 1.09 bits per heavy atom. The number of pyridine rings is 1. The van der Waals surface area contributed by atoms with Gasteiger partial charge in [0.2, 0.25) is 5.91 Å². The average Bonchev–Trinajstić information content (AvgIpc) is 3.58. The molecule has 5 rings (SSSR count). The largest absolute Gasteiger partial charge is 0.321 e. The average molecular weight is 479 g/mol. The van der Waals surface area contributed by atoms with Crippen LogP contribution in [-0.2, 0) is 17.9 Å². The van der Waals surface area contributed by atoms with Crippen LogP contribution in [0.4, 0.5) is 14.5 Å². The number of benzene rings is 1. The molecule has 1 N–H and O–H groups in total. The molecule has 1 aliphatic carbocycles. The molecule has 0 radical (unpaired) electrons. The maximum Gasteiger partial charge on any atom is 0.264 e. The van der Waals surface area contributed by atoms with Crippen LogP contribution in [0.2, 0.25) is 0 Å². The van der Waals surface area contributed by atoms with E-state index in [1.807, 2.05) is 30.7 Å². The Morgan fingerprint density at radius 3 is 2.49 bits per heavy atom. The molecule has 1 fully saturated rings. The molecule has 182 valence electrons. The highest BCUT2D eigenvalue weighted by Crippen LogP contribution is 2.42. The number of aromatic nitrogens is 5. The number of carbonyl (C=O) groups is 1. The van der Waals surface area contributed by atoms with Crippen LogP contribution in [0, 0.1) is 27.7 Å². The number of anilines is 1. The van der Waals surface area contributed by atoms with Gasteiger partial charge in [-0.15, -0.1) is 0 Å². The van der Waals surface area contributed by atoms with E-state index >= 15 is 0 Å². The summed E-state index contributed by atoms with van der Waals surface area (Å²) in [5.41, 5.74) is 5.89. The Bertz CT molecular complexity index is 1430. The van der Waals surface area contributed by atoms with Crippen molar-refractivity contribution >= 4 is 22.6 Å². The zero-order valence-electron chi connectivity index (χ0n) is 20.3. The minimum Gasteiger partial charge on any atom is -0.321 e. The summed E-state index contributed by atoms with van der Waals surface area (Å²) in [6.45, 7) is 7.97. The first-order chi connectivity index (χ1) is 16.7. The van der Waals surface area contributed by atoms with E-state index in [1.165, 1.54) is 16.3 Å². The number of nitrogens with zero attached hydrogens (tertiary/aromatic N) is 5. The molecule has 1 aromatic carbocycles. The van der Waals surface area contributed by atoms with Gasteiger partial charge in [0.15, 0.2) is 5.65 Å². The smallest absolute Gasteiger partial charge is 0.264 e. The molecule has 0 spiro atoms. The first kappa shape index (κ1) is 23.1. The second kappa shape index (κ2) is 8.87. The van der Waals surface area contributed by atoms with Gasteiger partial charge in [0.25, 0.3) is 6.43 Å². The van der Waals surface area contributed by atoms with E-state index in [0.29, 0.717) is 40.3 Å². The number of halogens is 2. The fraction of sp³-hybridized carbons (Fsp3) is 0.385. The monoisotopic (exact) mass is 478 g/mol. The Hall–Kier alpha value is -3.62. The van der Waals surface area contributed by atoms with Crippen LogP contribution in [-0.4, -0.2) is 30.5 Å². The SMILES string of the molecule is Cc1ccccc1Cn1nc(C)c(NC(=O)Cn2nc(C)c3c(C(F)F)cc(C4CC4)nc32)c1C. The number of carbonyl (C=O) groups excluding carboxylic acids is 1. The highest BCUT2D eigenvalue weighted by Gasteiger charge is 2.29.